The lowest BCUT2D eigenvalue weighted by Gasteiger charge is -2.28. The number of hydrogen-bond acceptors (Lipinski definition) is 2. The van der Waals surface area contributed by atoms with Crippen LogP contribution in [0.3, 0.4) is 0 Å². The van der Waals surface area contributed by atoms with Gasteiger partial charge in [-0.3, -0.25) is 9.69 Å². The van der Waals surface area contributed by atoms with E-state index in [2.05, 4.69) is 52.0 Å². The van der Waals surface area contributed by atoms with Gasteiger partial charge < -0.3 is 4.90 Å². The summed E-state index contributed by atoms with van der Waals surface area (Å²) in [4.78, 5) is 16.7. The van der Waals surface area contributed by atoms with Gasteiger partial charge in [-0.15, -0.1) is 0 Å². The first kappa shape index (κ1) is 17.5. The van der Waals surface area contributed by atoms with E-state index in [1.165, 1.54) is 11.1 Å². The summed E-state index contributed by atoms with van der Waals surface area (Å²) in [7, 11) is 0. The molecule has 1 heterocycles. The van der Waals surface area contributed by atoms with E-state index >= 15 is 0 Å². The summed E-state index contributed by atoms with van der Waals surface area (Å²) < 4.78 is 0. The first-order valence-corrected chi connectivity index (χ1v) is 9.34. The molecular formula is C18H27BrN2O. The van der Waals surface area contributed by atoms with Crippen LogP contribution in [0, 0.1) is 5.92 Å². The summed E-state index contributed by atoms with van der Waals surface area (Å²) in [6, 6.07) is 9.28. The van der Waals surface area contributed by atoms with Crippen LogP contribution in [-0.2, 0) is 16.7 Å². The van der Waals surface area contributed by atoms with E-state index < -0.39 is 0 Å². The van der Waals surface area contributed by atoms with Crippen molar-refractivity contribution in [3.8, 4) is 0 Å². The zero-order valence-corrected chi connectivity index (χ0v) is 15.5. The Kier molecular flexibility index (Phi) is 6.45. The normalized spacial score (nSPS) is 18.5. The molecule has 1 fully saturated rings. The van der Waals surface area contributed by atoms with Crippen LogP contribution in [0.1, 0.15) is 38.3 Å². The Morgan fingerprint density at radius 3 is 2.50 bits per heavy atom. The Labute approximate surface area is 142 Å². The predicted molar refractivity (Wildman–Crippen MR) is 95.0 cm³/mol. The third-order valence-corrected chi connectivity index (χ3v) is 5.10. The second kappa shape index (κ2) is 8.11. The van der Waals surface area contributed by atoms with E-state index in [0.29, 0.717) is 11.9 Å². The minimum atomic E-state index is 0.102. The van der Waals surface area contributed by atoms with E-state index in [9.17, 15) is 4.79 Å². The maximum absolute atomic E-state index is 12.1. The second-order valence-corrected chi connectivity index (χ2v) is 6.96. The fourth-order valence-corrected chi connectivity index (χ4v) is 3.45. The quantitative estimate of drug-likeness (QED) is 0.717. The van der Waals surface area contributed by atoms with Crippen molar-refractivity contribution in [2.45, 2.75) is 45.1 Å². The number of halogens is 1. The van der Waals surface area contributed by atoms with E-state index in [1.807, 2.05) is 18.7 Å². The third-order valence-electron chi connectivity index (χ3n) is 4.45. The van der Waals surface area contributed by atoms with Gasteiger partial charge in [0.25, 0.3) is 0 Å². The molecule has 0 radical (unpaired) electrons. The molecule has 0 bridgehead atoms. The molecule has 1 atom stereocenters. The summed E-state index contributed by atoms with van der Waals surface area (Å²) in [6.45, 7) is 9.95. The van der Waals surface area contributed by atoms with Crippen LogP contribution in [0.2, 0.25) is 0 Å². The Balaban J connectivity index is 1.95. The highest BCUT2D eigenvalue weighted by Crippen LogP contribution is 2.20. The molecule has 1 amide bonds. The zero-order valence-electron chi connectivity index (χ0n) is 13.9. The van der Waals surface area contributed by atoms with Crippen LogP contribution >= 0.6 is 15.9 Å². The molecular weight excluding hydrogens is 340 g/mol. The lowest BCUT2D eigenvalue weighted by atomic mass is 10.1. The molecule has 4 heteroatoms. The summed E-state index contributed by atoms with van der Waals surface area (Å²) in [5.41, 5.74) is 2.65. The van der Waals surface area contributed by atoms with Gasteiger partial charge in [-0.05, 0) is 24.1 Å². The van der Waals surface area contributed by atoms with Crippen molar-refractivity contribution in [2.75, 3.05) is 19.6 Å². The summed E-state index contributed by atoms with van der Waals surface area (Å²) >= 11 is 3.48. The monoisotopic (exact) mass is 366 g/mol. The maximum Gasteiger partial charge on any atom is 0.225 e. The molecule has 0 aromatic heterocycles. The van der Waals surface area contributed by atoms with Crippen molar-refractivity contribution >= 4 is 21.8 Å². The van der Waals surface area contributed by atoms with Gasteiger partial charge >= 0.3 is 0 Å². The van der Waals surface area contributed by atoms with Gasteiger partial charge in [0.05, 0.1) is 0 Å². The highest BCUT2D eigenvalue weighted by Gasteiger charge is 2.30. The van der Waals surface area contributed by atoms with Crippen molar-refractivity contribution in [1.82, 2.24) is 9.80 Å². The Morgan fingerprint density at radius 2 is 1.95 bits per heavy atom. The van der Waals surface area contributed by atoms with Crippen LogP contribution in [0.4, 0.5) is 0 Å². The van der Waals surface area contributed by atoms with Gasteiger partial charge in [0, 0.05) is 36.9 Å². The lowest BCUT2D eigenvalue weighted by Crippen LogP contribution is -2.39. The first-order valence-electron chi connectivity index (χ1n) is 8.21. The fourth-order valence-electron chi connectivity index (χ4n) is 3.07. The topological polar surface area (TPSA) is 23.6 Å². The smallest absolute Gasteiger partial charge is 0.225 e. The molecule has 3 nitrogen and oxygen atoms in total. The van der Waals surface area contributed by atoms with Crippen LogP contribution in [0.15, 0.2) is 24.3 Å². The SMILES string of the molecule is CCN(Cc1ccc(CBr)cc1)C1CCN(C(=O)C(C)C)C1. The number of amides is 1. The molecule has 1 saturated heterocycles. The molecule has 1 aliphatic heterocycles. The van der Waals surface area contributed by atoms with Gasteiger partial charge in [-0.1, -0.05) is 61.0 Å². The highest BCUT2D eigenvalue weighted by molar-refractivity contribution is 9.08. The number of likely N-dealkylation sites (tertiary alicyclic amines) is 1. The molecule has 0 N–H and O–H groups in total. The first-order chi connectivity index (χ1) is 10.5. The Morgan fingerprint density at radius 1 is 1.32 bits per heavy atom. The van der Waals surface area contributed by atoms with Crippen molar-refractivity contribution < 1.29 is 4.79 Å². The van der Waals surface area contributed by atoms with E-state index in [1.54, 1.807) is 0 Å². The van der Waals surface area contributed by atoms with Crippen LogP contribution in [0.25, 0.3) is 0 Å². The molecule has 1 aromatic rings. The standard InChI is InChI=1S/C18H27BrN2O/c1-4-20(12-16-7-5-15(11-19)6-8-16)17-9-10-21(13-17)18(22)14(2)3/h5-8,14,17H,4,9-13H2,1-3H3. The average Bonchev–Trinajstić information content (AvgIpc) is 3.02. The molecule has 0 aliphatic carbocycles. The number of alkyl halides is 1. The third kappa shape index (κ3) is 4.32. The molecule has 1 aromatic carbocycles. The van der Waals surface area contributed by atoms with Gasteiger partial charge in [0.15, 0.2) is 0 Å². The summed E-state index contributed by atoms with van der Waals surface area (Å²) in [5.74, 6) is 0.394. The highest BCUT2D eigenvalue weighted by atomic mass is 79.9. The number of likely N-dealkylation sites (N-methyl/N-ethyl adjacent to an activating group) is 1. The number of carbonyl (C=O) groups excluding carboxylic acids is 1. The maximum atomic E-state index is 12.1. The molecule has 1 aliphatic rings. The van der Waals surface area contributed by atoms with E-state index in [4.69, 9.17) is 0 Å². The predicted octanol–water partition coefficient (Wildman–Crippen LogP) is 3.66. The van der Waals surface area contributed by atoms with Crippen LogP contribution < -0.4 is 0 Å². The van der Waals surface area contributed by atoms with Gasteiger partial charge in [-0.25, -0.2) is 0 Å². The Bertz CT molecular complexity index is 486. The second-order valence-electron chi connectivity index (χ2n) is 6.39. The summed E-state index contributed by atoms with van der Waals surface area (Å²) in [6.07, 6.45) is 1.09. The average molecular weight is 367 g/mol. The number of nitrogens with zero attached hydrogens (tertiary/aromatic N) is 2. The molecule has 1 unspecified atom stereocenters. The summed E-state index contributed by atoms with van der Waals surface area (Å²) in [5, 5.41) is 0.902. The Hall–Kier alpha value is -0.870. The molecule has 2 rings (SSSR count). The molecule has 22 heavy (non-hydrogen) atoms. The molecule has 0 spiro atoms. The number of benzene rings is 1. The van der Waals surface area contributed by atoms with Crippen LogP contribution in [-0.4, -0.2) is 41.4 Å². The van der Waals surface area contributed by atoms with Crippen molar-refractivity contribution in [3.63, 3.8) is 0 Å². The fraction of sp³-hybridized carbons (Fsp3) is 0.611. The zero-order chi connectivity index (χ0) is 16.1. The van der Waals surface area contributed by atoms with Crippen molar-refractivity contribution in [1.29, 1.82) is 0 Å². The van der Waals surface area contributed by atoms with Gasteiger partial charge in [0.2, 0.25) is 5.91 Å². The minimum absolute atomic E-state index is 0.102. The van der Waals surface area contributed by atoms with E-state index in [0.717, 1.165) is 37.9 Å². The molecule has 0 saturated carbocycles. The molecule has 122 valence electrons. The number of rotatable bonds is 6. The van der Waals surface area contributed by atoms with Crippen molar-refractivity contribution in [3.05, 3.63) is 35.4 Å². The van der Waals surface area contributed by atoms with Crippen molar-refractivity contribution in [2.24, 2.45) is 5.92 Å². The van der Waals surface area contributed by atoms with Crippen LogP contribution in [0.5, 0.6) is 0 Å². The largest absolute Gasteiger partial charge is 0.341 e. The number of carbonyl (C=O) groups is 1. The van der Waals surface area contributed by atoms with Gasteiger partial charge in [0.1, 0.15) is 0 Å². The van der Waals surface area contributed by atoms with Gasteiger partial charge in [-0.2, -0.15) is 0 Å². The number of hydrogen-bond donors (Lipinski definition) is 0. The van der Waals surface area contributed by atoms with E-state index in [-0.39, 0.29) is 5.92 Å². The minimum Gasteiger partial charge on any atom is -0.341 e. The lowest BCUT2D eigenvalue weighted by molar-refractivity contribution is -0.133.